The van der Waals surface area contributed by atoms with Crippen molar-refractivity contribution in [1.29, 1.82) is 0 Å². The van der Waals surface area contributed by atoms with E-state index in [0.717, 1.165) is 51.3 Å². The van der Waals surface area contributed by atoms with E-state index in [-0.39, 0.29) is 12.2 Å². The first-order valence-corrected chi connectivity index (χ1v) is 13.8. The third-order valence-corrected chi connectivity index (χ3v) is 8.34. The molecule has 1 saturated heterocycles. The fraction of sp³-hybridized carbons (Fsp3) is 0.423. The number of nitrogens with zero attached hydrogens (tertiary/aromatic N) is 2. The van der Waals surface area contributed by atoms with Gasteiger partial charge in [-0.05, 0) is 56.5 Å². The Morgan fingerprint density at radius 1 is 1.03 bits per heavy atom. The van der Waals surface area contributed by atoms with Crippen LogP contribution in [-0.4, -0.2) is 52.8 Å². The number of aryl methyl sites for hydroxylation is 1. The van der Waals surface area contributed by atoms with E-state index < -0.39 is 15.3 Å². The number of benzene rings is 2. The average Bonchev–Trinajstić information content (AvgIpc) is 3.34. The summed E-state index contributed by atoms with van der Waals surface area (Å²) in [5, 5.41) is 5.12. The van der Waals surface area contributed by atoms with Gasteiger partial charge in [0.15, 0.2) is 16.9 Å². The van der Waals surface area contributed by atoms with E-state index in [4.69, 9.17) is 19.0 Å². The predicted octanol–water partition coefficient (Wildman–Crippen LogP) is 3.02. The van der Waals surface area contributed by atoms with E-state index in [2.05, 4.69) is 9.80 Å². The van der Waals surface area contributed by atoms with Gasteiger partial charge in [0.1, 0.15) is 5.58 Å². The second kappa shape index (κ2) is 10.1. The van der Waals surface area contributed by atoms with E-state index in [1.807, 2.05) is 18.2 Å². The van der Waals surface area contributed by atoms with E-state index >= 15 is 0 Å². The van der Waals surface area contributed by atoms with E-state index in [0.29, 0.717) is 40.0 Å². The lowest BCUT2D eigenvalue weighted by molar-refractivity contribution is 0.174. The van der Waals surface area contributed by atoms with Gasteiger partial charge < -0.3 is 18.8 Å². The molecule has 0 saturated carbocycles. The lowest BCUT2D eigenvalue weighted by Crippen LogP contribution is -2.46. The minimum atomic E-state index is -3.62. The minimum absolute atomic E-state index is 0.0119. The number of primary sulfonamides is 1. The molecule has 0 bridgehead atoms. The highest BCUT2D eigenvalue weighted by molar-refractivity contribution is 7.89. The van der Waals surface area contributed by atoms with Gasteiger partial charge in [-0.15, -0.1) is 0 Å². The zero-order chi connectivity index (χ0) is 25.3. The highest BCUT2D eigenvalue weighted by Gasteiger charge is 2.21. The largest absolute Gasteiger partial charge is 0.464 e. The molecule has 36 heavy (non-hydrogen) atoms. The maximum atomic E-state index is 12.9. The van der Waals surface area contributed by atoms with Crippen LogP contribution < -0.4 is 24.9 Å². The van der Waals surface area contributed by atoms with Gasteiger partial charge in [-0.25, -0.2) is 13.6 Å². The second-order valence-corrected chi connectivity index (χ2v) is 11.3. The SMILES string of the molecule is CC(c1cccc(N2CCN(CCCCc3coc4cc5c(cc4c3=O)OCO5)CC2)c1)S(N)(=O)=O. The highest BCUT2D eigenvalue weighted by atomic mass is 32.2. The lowest BCUT2D eigenvalue weighted by atomic mass is 10.1. The van der Waals surface area contributed by atoms with E-state index in [1.165, 1.54) is 0 Å². The summed E-state index contributed by atoms with van der Waals surface area (Å²) < 4.78 is 39.9. The molecular formula is C26H31N3O6S. The first-order valence-electron chi connectivity index (χ1n) is 12.2. The van der Waals surface area contributed by atoms with Crippen LogP contribution >= 0.6 is 0 Å². The van der Waals surface area contributed by atoms with Crippen molar-refractivity contribution in [3.05, 3.63) is 64.0 Å². The molecule has 0 spiro atoms. The molecule has 2 aliphatic heterocycles. The number of hydrogen-bond donors (Lipinski definition) is 1. The smallest absolute Gasteiger partial charge is 0.231 e. The molecule has 1 aromatic heterocycles. The minimum Gasteiger partial charge on any atom is -0.464 e. The topological polar surface area (TPSA) is 115 Å². The molecule has 1 fully saturated rings. The number of rotatable bonds is 8. The van der Waals surface area contributed by atoms with Crippen LogP contribution in [0, 0.1) is 0 Å². The maximum Gasteiger partial charge on any atom is 0.231 e. The van der Waals surface area contributed by atoms with Crippen LogP contribution in [0.5, 0.6) is 11.5 Å². The molecular weight excluding hydrogens is 482 g/mol. The number of sulfonamides is 1. The summed E-state index contributed by atoms with van der Waals surface area (Å²) in [5.41, 5.74) is 2.91. The quantitative estimate of drug-likeness (QED) is 0.457. The van der Waals surface area contributed by atoms with Gasteiger partial charge in [-0.1, -0.05) is 12.1 Å². The lowest BCUT2D eigenvalue weighted by Gasteiger charge is -2.36. The Kier molecular flexibility index (Phi) is 6.92. The number of anilines is 1. The van der Waals surface area contributed by atoms with E-state index in [1.54, 1.807) is 31.4 Å². The maximum absolute atomic E-state index is 12.9. The van der Waals surface area contributed by atoms with Gasteiger partial charge in [-0.2, -0.15) is 0 Å². The van der Waals surface area contributed by atoms with Crippen molar-refractivity contribution in [2.24, 2.45) is 5.14 Å². The Morgan fingerprint density at radius 3 is 2.53 bits per heavy atom. The molecule has 2 aromatic carbocycles. The van der Waals surface area contributed by atoms with E-state index in [9.17, 15) is 13.2 Å². The molecule has 0 amide bonds. The highest BCUT2D eigenvalue weighted by Crippen LogP contribution is 2.35. The standard InChI is InChI=1S/C26H31N3O6S/c1-18(36(27,31)32)19-6-4-7-21(13-19)29-11-9-28(10-12-29)8-3-2-5-20-16-33-23-15-25-24(34-17-35-25)14-22(23)26(20)30/h4,6-7,13-16,18H,2-3,5,8-12,17H2,1H3,(H2,27,31,32). The van der Waals surface area contributed by atoms with Crippen LogP contribution in [0.1, 0.15) is 36.1 Å². The summed E-state index contributed by atoms with van der Waals surface area (Å²) in [4.78, 5) is 17.6. The predicted molar refractivity (Wildman–Crippen MR) is 138 cm³/mol. The number of unbranched alkanes of at least 4 members (excludes halogenated alkanes) is 1. The van der Waals surface area contributed by atoms with Crippen molar-refractivity contribution >= 4 is 26.7 Å². The van der Waals surface area contributed by atoms with Crippen molar-refractivity contribution < 1.29 is 22.3 Å². The summed E-state index contributed by atoms with van der Waals surface area (Å²) in [5.74, 6) is 1.18. The molecule has 0 aliphatic carbocycles. The number of nitrogens with two attached hydrogens (primary N) is 1. The molecule has 3 aromatic rings. The molecule has 2 aliphatic rings. The molecule has 1 atom stereocenters. The summed E-state index contributed by atoms with van der Waals surface area (Å²) >= 11 is 0. The summed E-state index contributed by atoms with van der Waals surface area (Å²) in [6, 6.07) is 11.0. The molecule has 5 rings (SSSR count). The first kappa shape index (κ1) is 24.6. The number of fused-ring (bicyclic) bond motifs is 2. The fourth-order valence-electron chi connectivity index (χ4n) is 4.78. The van der Waals surface area contributed by atoms with Crippen molar-refractivity contribution in [2.45, 2.75) is 31.4 Å². The average molecular weight is 514 g/mol. The Hall–Kier alpha value is -3.08. The van der Waals surface area contributed by atoms with Gasteiger partial charge in [0.2, 0.25) is 16.8 Å². The van der Waals surface area contributed by atoms with Crippen LogP contribution in [0.2, 0.25) is 0 Å². The third-order valence-electron chi connectivity index (χ3n) is 7.08. The summed E-state index contributed by atoms with van der Waals surface area (Å²) in [6.07, 6.45) is 4.12. The molecule has 10 heteroatoms. The Morgan fingerprint density at radius 2 is 1.78 bits per heavy atom. The van der Waals surface area contributed by atoms with Crippen LogP contribution in [0.25, 0.3) is 11.0 Å². The first-order chi connectivity index (χ1) is 17.3. The van der Waals surface area contributed by atoms with Gasteiger partial charge in [0.25, 0.3) is 0 Å². The summed E-state index contributed by atoms with van der Waals surface area (Å²) in [6.45, 7) is 6.35. The Balaban J connectivity index is 1.11. The van der Waals surface area contributed by atoms with Gasteiger partial charge in [0.05, 0.1) is 16.9 Å². The van der Waals surface area contributed by atoms with Crippen molar-refractivity contribution in [3.63, 3.8) is 0 Å². The van der Waals surface area contributed by atoms with Crippen molar-refractivity contribution in [2.75, 3.05) is 44.4 Å². The van der Waals surface area contributed by atoms with Crippen LogP contribution in [0.4, 0.5) is 5.69 Å². The van der Waals surface area contributed by atoms with Gasteiger partial charge >= 0.3 is 0 Å². The third kappa shape index (κ3) is 5.21. The summed E-state index contributed by atoms with van der Waals surface area (Å²) in [7, 11) is -3.62. The van der Waals surface area contributed by atoms with Crippen molar-refractivity contribution in [1.82, 2.24) is 4.90 Å². The Labute approximate surface area is 210 Å². The number of piperazine rings is 1. The molecule has 1 unspecified atom stereocenters. The zero-order valence-corrected chi connectivity index (χ0v) is 21.1. The number of ether oxygens (including phenoxy) is 2. The van der Waals surface area contributed by atoms with Crippen molar-refractivity contribution in [3.8, 4) is 11.5 Å². The molecule has 192 valence electrons. The monoisotopic (exact) mass is 513 g/mol. The molecule has 0 radical (unpaired) electrons. The fourth-order valence-corrected chi connectivity index (χ4v) is 5.30. The van der Waals surface area contributed by atoms with Crippen LogP contribution in [0.15, 0.2) is 51.9 Å². The van der Waals surface area contributed by atoms with Crippen LogP contribution in [-0.2, 0) is 16.4 Å². The Bertz CT molecular complexity index is 1410. The van der Waals surface area contributed by atoms with Gasteiger partial charge in [-0.3, -0.25) is 9.69 Å². The second-order valence-electron chi connectivity index (χ2n) is 9.40. The van der Waals surface area contributed by atoms with Gasteiger partial charge in [0, 0.05) is 43.5 Å². The number of hydrogen-bond acceptors (Lipinski definition) is 8. The molecule has 2 N–H and O–H groups in total. The zero-order valence-electron chi connectivity index (χ0n) is 20.3. The van der Waals surface area contributed by atoms with Crippen LogP contribution in [0.3, 0.4) is 0 Å². The molecule has 3 heterocycles. The normalized spacial score (nSPS) is 17.0. The molecule has 9 nitrogen and oxygen atoms in total.